The maximum absolute atomic E-state index is 12.5. The van der Waals surface area contributed by atoms with Crippen LogP contribution < -0.4 is 5.32 Å². The van der Waals surface area contributed by atoms with Gasteiger partial charge >= 0.3 is 0 Å². The van der Waals surface area contributed by atoms with E-state index in [2.05, 4.69) is 10.3 Å². The van der Waals surface area contributed by atoms with Crippen molar-refractivity contribution in [2.45, 2.75) is 11.9 Å². The minimum Gasteiger partial charge on any atom is -0.383 e. The first-order valence-electron chi connectivity index (χ1n) is 5.93. The molecule has 1 N–H and O–H groups in total. The van der Waals surface area contributed by atoms with Crippen molar-refractivity contribution in [1.29, 1.82) is 0 Å². The van der Waals surface area contributed by atoms with E-state index in [-0.39, 0.29) is 5.03 Å². The van der Waals surface area contributed by atoms with E-state index in [9.17, 15) is 8.42 Å². The molecule has 0 amide bonds. The summed E-state index contributed by atoms with van der Waals surface area (Å²) in [6.45, 7) is 3.73. The van der Waals surface area contributed by atoms with Gasteiger partial charge in [-0.25, -0.2) is 13.4 Å². The molecular weight excluding hydrogens is 270 g/mol. The fourth-order valence-electron chi connectivity index (χ4n) is 1.83. The second-order valence-electron chi connectivity index (χ2n) is 3.90. The van der Waals surface area contributed by atoms with Crippen LogP contribution in [-0.4, -0.2) is 48.8 Å². The Morgan fingerprint density at radius 3 is 2.83 bits per heavy atom. The van der Waals surface area contributed by atoms with E-state index in [0.29, 0.717) is 25.3 Å². The van der Waals surface area contributed by atoms with Crippen LogP contribution in [0.15, 0.2) is 23.4 Å². The topological polar surface area (TPSA) is 62.3 Å². The highest BCUT2D eigenvalue weighted by Gasteiger charge is 2.29. The fraction of sp³-hybridized carbons (Fsp3) is 0.545. The van der Waals surface area contributed by atoms with Gasteiger partial charge in [0.05, 0.1) is 5.69 Å². The molecule has 5 nitrogen and oxygen atoms in total. The first-order chi connectivity index (χ1) is 8.66. The van der Waals surface area contributed by atoms with Gasteiger partial charge in [-0.15, -0.1) is 0 Å². The lowest BCUT2D eigenvalue weighted by atomic mass is 10.4. The van der Waals surface area contributed by atoms with Gasteiger partial charge in [-0.1, -0.05) is 0 Å². The Kier molecular flexibility index (Phi) is 4.47. The molecule has 2 heterocycles. The molecule has 18 heavy (non-hydrogen) atoms. The Morgan fingerprint density at radius 1 is 1.44 bits per heavy atom. The number of hydrogen-bond donors (Lipinski definition) is 1. The zero-order valence-corrected chi connectivity index (χ0v) is 11.9. The second kappa shape index (κ2) is 5.90. The van der Waals surface area contributed by atoms with Crippen LogP contribution in [0.1, 0.15) is 6.92 Å². The summed E-state index contributed by atoms with van der Waals surface area (Å²) in [6.07, 6.45) is 1.52. The van der Waals surface area contributed by atoms with Crippen molar-refractivity contribution in [2.75, 3.05) is 36.5 Å². The van der Waals surface area contributed by atoms with E-state index in [4.69, 9.17) is 0 Å². The normalized spacial score (nSPS) is 17.6. The number of sulfonamides is 1. The summed E-state index contributed by atoms with van der Waals surface area (Å²) in [7, 11) is -3.47. The number of thioether (sulfide) groups is 1. The molecule has 7 heteroatoms. The highest BCUT2D eigenvalue weighted by molar-refractivity contribution is 7.99. The number of nitrogens with one attached hydrogen (secondary N) is 1. The number of rotatable bonds is 4. The molecule has 1 aliphatic rings. The Bertz CT molecular complexity index is 499. The van der Waals surface area contributed by atoms with Crippen LogP contribution in [0.4, 0.5) is 5.69 Å². The molecule has 1 saturated heterocycles. The molecule has 1 aromatic rings. The molecule has 0 radical (unpaired) electrons. The Balaban J connectivity index is 2.34. The third kappa shape index (κ3) is 2.78. The third-order valence-corrected chi connectivity index (χ3v) is 5.49. The zero-order chi connectivity index (χ0) is 13.0. The Hall–Kier alpha value is -0.790. The minimum atomic E-state index is -3.47. The zero-order valence-electron chi connectivity index (χ0n) is 10.3. The molecule has 0 spiro atoms. The molecule has 0 atom stereocenters. The lowest BCUT2D eigenvalue weighted by Gasteiger charge is -2.25. The predicted molar refractivity (Wildman–Crippen MR) is 74.5 cm³/mol. The Labute approximate surface area is 112 Å². The van der Waals surface area contributed by atoms with Crippen molar-refractivity contribution in [3.8, 4) is 0 Å². The van der Waals surface area contributed by atoms with E-state index in [1.165, 1.54) is 10.5 Å². The van der Waals surface area contributed by atoms with Crippen LogP contribution in [0.25, 0.3) is 0 Å². The summed E-state index contributed by atoms with van der Waals surface area (Å²) in [6, 6.07) is 3.49. The standard InChI is InChI=1S/C11H17N3O2S2/c1-2-12-10-4-3-5-13-11(10)18(15,16)14-6-8-17-9-7-14/h3-5,12H,2,6-9H2,1H3. The van der Waals surface area contributed by atoms with Crippen LogP contribution in [0.5, 0.6) is 0 Å². The van der Waals surface area contributed by atoms with Crippen LogP contribution in [0.2, 0.25) is 0 Å². The lowest BCUT2D eigenvalue weighted by molar-refractivity contribution is 0.441. The number of aromatic nitrogens is 1. The van der Waals surface area contributed by atoms with Gasteiger partial charge in [0.2, 0.25) is 0 Å². The monoisotopic (exact) mass is 287 g/mol. The summed E-state index contributed by atoms with van der Waals surface area (Å²) in [5.41, 5.74) is 0.582. The van der Waals surface area contributed by atoms with Crippen LogP contribution in [-0.2, 0) is 10.0 Å². The van der Waals surface area contributed by atoms with Crippen molar-refractivity contribution in [2.24, 2.45) is 0 Å². The van der Waals surface area contributed by atoms with E-state index < -0.39 is 10.0 Å². The van der Waals surface area contributed by atoms with Crippen LogP contribution in [0.3, 0.4) is 0 Å². The smallest absolute Gasteiger partial charge is 0.262 e. The molecule has 0 aliphatic carbocycles. The van der Waals surface area contributed by atoms with Gasteiger partial charge in [0.25, 0.3) is 10.0 Å². The van der Waals surface area contributed by atoms with Gasteiger partial charge in [0.15, 0.2) is 5.03 Å². The first-order valence-corrected chi connectivity index (χ1v) is 8.52. The van der Waals surface area contributed by atoms with Gasteiger partial charge in [-0.3, -0.25) is 0 Å². The molecule has 2 rings (SSSR count). The maximum Gasteiger partial charge on any atom is 0.262 e. The van der Waals surface area contributed by atoms with Crippen molar-refractivity contribution in [1.82, 2.24) is 9.29 Å². The molecule has 0 aromatic carbocycles. The summed E-state index contributed by atoms with van der Waals surface area (Å²) >= 11 is 1.78. The molecule has 1 fully saturated rings. The fourth-order valence-corrected chi connectivity index (χ4v) is 4.48. The number of anilines is 1. The van der Waals surface area contributed by atoms with E-state index in [1.54, 1.807) is 23.9 Å². The van der Waals surface area contributed by atoms with Gasteiger partial charge in [-0.05, 0) is 19.1 Å². The maximum atomic E-state index is 12.5. The SMILES string of the molecule is CCNc1cccnc1S(=O)(=O)N1CCSCC1. The average Bonchev–Trinajstić information content (AvgIpc) is 2.41. The summed E-state index contributed by atoms with van der Waals surface area (Å²) in [4.78, 5) is 4.05. The van der Waals surface area contributed by atoms with E-state index >= 15 is 0 Å². The van der Waals surface area contributed by atoms with Crippen LogP contribution in [0, 0.1) is 0 Å². The highest BCUT2D eigenvalue weighted by atomic mass is 32.2. The van der Waals surface area contributed by atoms with Crippen molar-refractivity contribution >= 4 is 27.5 Å². The second-order valence-corrected chi connectivity index (χ2v) is 6.98. The summed E-state index contributed by atoms with van der Waals surface area (Å²) in [5.74, 6) is 1.70. The largest absolute Gasteiger partial charge is 0.383 e. The molecule has 1 aliphatic heterocycles. The lowest BCUT2D eigenvalue weighted by Crippen LogP contribution is -2.38. The molecular formula is C11H17N3O2S2. The van der Waals surface area contributed by atoms with E-state index in [1.807, 2.05) is 6.92 Å². The predicted octanol–water partition coefficient (Wildman–Crippen LogP) is 1.25. The number of hydrogen-bond acceptors (Lipinski definition) is 5. The summed E-state index contributed by atoms with van der Waals surface area (Å²) < 4.78 is 26.5. The Morgan fingerprint density at radius 2 is 2.17 bits per heavy atom. The number of nitrogens with zero attached hydrogens (tertiary/aromatic N) is 2. The van der Waals surface area contributed by atoms with Gasteiger partial charge in [0.1, 0.15) is 0 Å². The molecule has 100 valence electrons. The van der Waals surface area contributed by atoms with Gasteiger partial charge in [-0.2, -0.15) is 16.1 Å². The van der Waals surface area contributed by atoms with Crippen molar-refractivity contribution in [3.63, 3.8) is 0 Å². The van der Waals surface area contributed by atoms with Gasteiger partial charge < -0.3 is 5.32 Å². The quantitative estimate of drug-likeness (QED) is 0.903. The minimum absolute atomic E-state index is 0.138. The molecule has 0 unspecified atom stereocenters. The highest BCUT2D eigenvalue weighted by Crippen LogP contribution is 2.24. The summed E-state index contributed by atoms with van der Waals surface area (Å²) in [5, 5.41) is 3.19. The van der Waals surface area contributed by atoms with Crippen molar-refractivity contribution < 1.29 is 8.42 Å². The number of pyridine rings is 1. The molecule has 0 saturated carbocycles. The van der Waals surface area contributed by atoms with E-state index in [0.717, 1.165) is 11.5 Å². The first kappa shape index (κ1) is 13.6. The third-order valence-electron chi connectivity index (χ3n) is 2.69. The molecule has 0 bridgehead atoms. The van der Waals surface area contributed by atoms with Crippen molar-refractivity contribution in [3.05, 3.63) is 18.3 Å². The van der Waals surface area contributed by atoms with Crippen LogP contribution >= 0.6 is 11.8 Å². The molecule has 1 aromatic heterocycles. The van der Waals surface area contributed by atoms with Gasteiger partial charge in [0, 0.05) is 37.3 Å². The average molecular weight is 287 g/mol.